The van der Waals surface area contributed by atoms with Gasteiger partial charge in [0.25, 0.3) is 0 Å². The smallest absolute Gasteiger partial charge is 0.130 e. The van der Waals surface area contributed by atoms with Crippen LogP contribution in [0.5, 0.6) is 0 Å². The zero-order valence-electron chi connectivity index (χ0n) is 12.1. The van der Waals surface area contributed by atoms with Crippen molar-refractivity contribution in [2.45, 2.75) is 33.9 Å². The Hall–Kier alpha value is -1.74. The van der Waals surface area contributed by atoms with E-state index in [2.05, 4.69) is 38.2 Å². The summed E-state index contributed by atoms with van der Waals surface area (Å²) in [7, 11) is 0. The Morgan fingerprint density at radius 1 is 0.800 bits per heavy atom. The van der Waals surface area contributed by atoms with E-state index in [0.29, 0.717) is 18.7 Å². The number of rotatable bonds is 4. The molecule has 2 aromatic carbocycles. The quantitative estimate of drug-likeness (QED) is 0.882. The molecule has 1 N–H and O–H groups in total. The highest BCUT2D eigenvalue weighted by atomic mass is 19.1. The maximum atomic E-state index is 13.5. The Balaban J connectivity index is 2.01. The third kappa shape index (κ3) is 3.42. The molecule has 0 aliphatic rings. The van der Waals surface area contributed by atoms with Gasteiger partial charge in [-0.15, -0.1) is 0 Å². The van der Waals surface area contributed by atoms with Gasteiger partial charge in [-0.3, -0.25) is 0 Å². The van der Waals surface area contributed by atoms with E-state index in [1.807, 2.05) is 0 Å². The van der Waals surface area contributed by atoms with Crippen molar-refractivity contribution in [3.05, 3.63) is 69.8 Å². The van der Waals surface area contributed by atoms with Crippen LogP contribution in [0.1, 0.15) is 27.8 Å². The molecule has 106 valence electrons. The van der Waals surface area contributed by atoms with Crippen LogP contribution < -0.4 is 5.32 Å². The molecule has 0 heterocycles. The summed E-state index contributed by atoms with van der Waals surface area (Å²) in [6.07, 6.45) is 0. The fourth-order valence-electron chi connectivity index (χ4n) is 2.21. The van der Waals surface area contributed by atoms with Gasteiger partial charge < -0.3 is 5.32 Å². The van der Waals surface area contributed by atoms with Gasteiger partial charge >= 0.3 is 0 Å². The van der Waals surface area contributed by atoms with E-state index < -0.39 is 11.6 Å². The van der Waals surface area contributed by atoms with Crippen LogP contribution in [0, 0.1) is 32.4 Å². The third-order valence-corrected chi connectivity index (χ3v) is 3.60. The van der Waals surface area contributed by atoms with Crippen LogP contribution in [0.15, 0.2) is 30.3 Å². The summed E-state index contributed by atoms with van der Waals surface area (Å²) in [6, 6.07) is 7.98. The standard InChI is InChI=1S/C17H19F2N/c1-11-6-13(3)15(7-12(11)2)10-20-9-14-4-5-16(18)8-17(14)19/h4-8,20H,9-10H2,1-3H3. The molecule has 0 fully saturated rings. The Bertz CT molecular complexity index is 621. The van der Waals surface area contributed by atoms with E-state index in [0.717, 1.165) is 6.07 Å². The van der Waals surface area contributed by atoms with Crippen molar-refractivity contribution < 1.29 is 8.78 Å². The van der Waals surface area contributed by atoms with Gasteiger partial charge in [0.05, 0.1) is 0 Å². The van der Waals surface area contributed by atoms with Crippen LogP contribution in [-0.4, -0.2) is 0 Å². The van der Waals surface area contributed by atoms with Crippen LogP contribution in [0.25, 0.3) is 0 Å². The molecule has 0 saturated heterocycles. The molecule has 0 radical (unpaired) electrons. The van der Waals surface area contributed by atoms with Crippen LogP contribution >= 0.6 is 0 Å². The van der Waals surface area contributed by atoms with Crippen LogP contribution in [0.3, 0.4) is 0 Å². The number of hydrogen-bond donors (Lipinski definition) is 1. The SMILES string of the molecule is Cc1cc(C)c(CNCc2ccc(F)cc2F)cc1C. The molecule has 0 atom stereocenters. The lowest BCUT2D eigenvalue weighted by Gasteiger charge is -2.11. The molecule has 0 aliphatic heterocycles. The Kier molecular flexibility index (Phi) is 4.50. The second-order valence-electron chi connectivity index (χ2n) is 5.20. The highest BCUT2D eigenvalue weighted by Crippen LogP contribution is 2.15. The van der Waals surface area contributed by atoms with Crippen molar-refractivity contribution in [1.82, 2.24) is 5.32 Å². The number of halogens is 2. The first-order valence-corrected chi connectivity index (χ1v) is 6.68. The minimum absolute atomic E-state index is 0.387. The largest absolute Gasteiger partial charge is 0.309 e. The van der Waals surface area contributed by atoms with E-state index in [4.69, 9.17) is 0 Å². The number of hydrogen-bond acceptors (Lipinski definition) is 1. The molecule has 1 nitrogen and oxygen atoms in total. The maximum Gasteiger partial charge on any atom is 0.130 e. The summed E-state index contributed by atoms with van der Waals surface area (Å²) in [6.45, 7) is 7.30. The number of aryl methyl sites for hydroxylation is 3. The Labute approximate surface area is 118 Å². The van der Waals surface area contributed by atoms with Crippen LogP contribution in [0.4, 0.5) is 8.78 Å². The molecular weight excluding hydrogens is 256 g/mol. The molecule has 0 spiro atoms. The van der Waals surface area contributed by atoms with Crippen molar-refractivity contribution in [3.63, 3.8) is 0 Å². The fraction of sp³-hybridized carbons (Fsp3) is 0.294. The summed E-state index contributed by atoms with van der Waals surface area (Å²) in [4.78, 5) is 0. The van der Waals surface area contributed by atoms with E-state index >= 15 is 0 Å². The van der Waals surface area contributed by atoms with Gasteiger partial charge in [-0.25, -0.2) is 8.78 Å². The summed E-state index contributed by atoms with van der Waals surface area (Å²) in [5.74, 6) is -1.05. The first-order chi connectivity index (χ1) is 9.47. The van der Waals surface area contributed by atoms with Gasteiger partial charge in [-0.05, 0) is 49.1 Å². The Morgan fingerprint density at radius 3 is 2.15 bits per heavy atom. The van der Waals surface area contributed by atoms with Crippen molar-refractivity contribution in [3.8, 4) is 0 Å². The molecular formula is C17H19F2N. The monoisotopic (exact) mass is 275 g/mol. The molecule has 0 unspecified atom stereocenters. The zero-order valence-corrected chi connectivity index (χ0v) is 12.1. The molecule has 0 amide bonds. The van der Waals surface area contributed by atoms with Gasteiger partial charge in [0.1, 0.15) is 11.6 Å². The van der Waals surface area contributed by atoms with E-state index in [1.54, 1.807) is 0 Å². The molecule has 20 heavy (non-hydrogen) atoms. The van der Waals surface area contributed by atoms with Crippen molar-refractivity contribution in [2.75, 3.05) is 0 Å². The van der Waals surface area contributed by atoms with Crippen molar-refractivity contribution in [1.29, 1.82) is 0 Å². The molecule has 0 bridgehead atoms. The second kappa shape index (κ2) is 6.14. The zero-order chi connectivity index (χ0) is 14.7. The topological polar surface area (TPSA) is 12.0 Å². The van der Waals surface area contributed by atoms with Gasteiger partial charge in [-0.1, -0.05) is 18.2 Å². The highest BCUT2D eigenvalue weighted by molar-refractivity contribution is 5.36. The maximum absolute atomic E-state index is 13.5. The van der Waals surface area contributed by atoms with E-state index in [-0.39, 0.29) is 0 Å². The molecule has 0 saturated carbocycles. The molecule has 2 aromatic rings. The summed E-state index contributed by atoms with van der Waals surface area (Å²) < 4.78 is 26.3. The highest BCUT2D eigenvalue weighted by Gasteiger charge is 2.05. The first kappa shape index (κ1) is 14.7. The second-order valence-corrected chi connectivity index (χ2v) is 5.20. The summed E-state index contributed by atoms with van der Waals surface area (Å²) in [5, 5.41) is 3.20. The molecule has 0 aromatic heterocycles. The van der Waals surface area contributed by atoms with Crippen molar-refractivity contribution >= 4 is 0 Å². The third-order valence-electron chi connectivity index (χ3n) is 3.60. The van der Waals surface area contributed by atoms with Gasteiger partial charge in [0, 0.05) is 24.7 Å². The predicted molar refractivity (Wildman–Crippen MR) is 77.6 cm³/mol. The lowest BCUT2D eigenvalue weighted by molar-refractivity contribution is 0.560. The van der Waals surface area contributed by atoms with E-state index in [9.17, 15) is 8.78 Å². The minimum Gasteiger partial charge on any atom is -0.309 e. The van der Waals surface area contributed by atoms with Crippen LogP contribution in [0.2, 0.25) is 0 Å². The Morgan fingerprint density at radius 2 is 1.45 bits per heavy atom. The van der Waals surface area contributed by atoms with Gasteiger partial charge in [0.15, 0.2) is 0 Å². The lowest BCUT2D eigenvalue weighted by atomic mass is 10.0. The van der Waals surface area contributed by atoms with Gasteiger partial charge in [0.2, 0.25) is 0 Å². The van der Waals surface area contributed by atoms with Crippen LogP contribution in [-0.2, 0) is 13.1 Å². The number of benzene rings is 2. The van der Waals surface area contributed by atoms with Gasteiger partial charge in [-0.2, -0.15) is 0 Å². The lowest BCUT2D eigenvalue weighted by Crippen LogP contribution is -2.15. The predicted octanol–water partition coefficient (Wildman–Crippen LogP) is 4.18. The van der Waals surface area contributed by atoms with E-state index in [1.165, 1.54) is 34.4 Å². The molecule has 0 aliphatic carbocycles. The minimum atomic E-state index is -0.545. The summed E-state index contributed by atoms with van der Waals surface area (Å²) in [5.41, 5.74) is 5.43. The average molecular weight is 275 g/mol. The van der Waals surface area contributed by atoms with Crippen molar-refractivity contribution in [2.24, 2.45) is 0 Å². The number of nitrogens with one attached hydrogen (secondary N) is 1. The normalized spacial score (nSPS) is 10.8. The molecule has 3 heteroatoms. The fourth-order valence-corrected chi connectivity index (χ4v) is 2.21. The average Bonchev–Trinajstić information content (AvgIpc) is 2.38. The molecule has 2 rings (SSSR count). The first-order valence-electron chi connectivity index (χ1n) is 6.68. The summed E-state index contributed by atoms with van der Waals surface area (Å²) >= 11 is 0.